The second kappa shape index (κ2) is 39.7. The Morgan fingerprint density at radius 1 is 0.462 bits per heavy atom. The van der Waals surface area contributed by atoms with E-state index in [1.54, 1.807) is 81.9 Å². The standard InChI is InChI=1S/C73H126O20/c1-40(24-28-58-34-60(85-13)30-44(5)88-58)68(81)50(11)70-48(9)65(79)38-63(77)46(7)62(76)36-56-20-16-18-54(90-56)32-52(74)26-22-42(3)73(84)93-71(51(12)69(82)41(2)25-29-59-35-61(86-14)31-45(6)89-59)49(10)66(80)39-64(78)47(8)67(87-15)37-57-21-17-19-55(91-57)33-53(75)27-23-43(4)72(83)92-70/h16-19,22-23,40-41,44-71,74-82H,20-21,24-39H2,1-15H3/b42-22+,43-23+/t40-,41-,44-,45-,46+,47-,48-,49-,50-,51-,52-,53-,54-,55-,56-,57-,58-,59-,60+,61+,62-,63-,64-,65+,66+,67-,68-,69-,70-,71-/m0/s1. The third-order valence-corrected chi connectivity index (χ3v) is 21.6. The van der Waals surface area contributed by atoms with Crippen LogP contribution in [0, 0.1) is 47.3 Å². The van der Waals surface area contributed by atoms with Gasteiger partial charge in [0, 0.05) is 93.7 Å². The second-order valence-corrected chi connectivity index (χ2v) is 29.3. The van der Waals surface area contributed by atoms with Crippen molar-refractivity contribution >= 4 is 11.9 Å². The van der Waals surface area contributed by atoms with Crippen LogP contribution < -0.4 is 0 Å². The molecule has 0 aromatic rings. The molecule has 5 rings (SSSR count). The molecule has 0 aromatic heterocycles. The largest absolute Gasteiger partial charge is 0.458 e. The topological polar surface area (TPSA) is 299 Å². The van der Waals surface area contributed by atoms with Gasteiger partial charge in [0.1, 0.15) is 12.2 Å². The second-order valence-electron chi connectivity index (χ2n) is 29.3. The Balaban J connectivity index is 1.36. The molecule has 93 heavy (non-hydrogen) atoms. The smallest absolute Gasteiger partial charge is 0.333 e. The summed E-state index contributed by atoms with van der Waals surface area (Å²) in [5.74, 6) is -6.00. The van der Waals surface area contributed by atoms with E-state index in [-0.39, 0.29) is 111 Å². The van der Waals surface area contributed by atoms with Gasteiger partial charge in [-0.25, -0.2) is 9.59 Å². The molecule has 0 aromatic carbocycles. The van der Waals surface area contributed by atoms with Crippen LogP contribution >= 0.6 is 0 Å². The van der Waals surface area contributed by atoms with Gasteiger partial charge in [-0.1, -0.05) is 91.8 Å². The Bertz CT molecular complexity index is 2300. The first-order chi connectivity index (χ1) is 43.9. The van der Waals surface area contributed by atoms with E-state index in [0.29, 0.717) is 44.9 Å². The highest BCUT2D eigenvalue weighted by molar-refractivity contribution is 5.88. The van der Waals surface area contributed by atoms with E-state index in [4.69, 9.17) is 42.6 Å². The highest BCUT2D eigenvalue weighted by Crippen LogP contribution is 2.37. The van der Waals surface area contributed by atoms with E-state index in [0.717, 1.165) is 25.7 Å². The van der Waals surface area contributed by atoms with Crippen molar-refractivity contribution in [3.8, 4) is 0 Å². The summed E-state index contributed by atoms with van der Waals surface area (Å²) in [6.07, 6.45) is 4.62. The van der Waals surface area contributed by atoms with Crippen molar-refractivity contribution in [2.24, 2.45) is 47.3 Å². The summed E-state index contributed by atoms with van der Waals surface area (Å²) >= 11 is 0. The fourth-order valence-electron chi connectivity index (χ4n) is 14.8. The molecule has 9 N–H and O–H groups in total. The van der Waals surface area contributed by atoms with Crippen molar-refractivity contribution in [2.75, 3.05) is 21.3 Å². The Labute approximate surface area is 557 Å². The minimum atomic E-state index is -1.24. The van der Waals surface area contributed by atoms with Crippen molar-refractivity contribution in [3.05, 3.63) is 47.6 Å². The Morgan fingerprint density at radius 3 is 1.24 bits per heavy atom. The predicted molar refractivity (Wildman–Crippen MR) is 354 cm³/mol. The van der Waals surface area contributed by atoms with Gasteiger partial charge >= 0.3 is 11.9 Å². The molecule has 30 atom stereocenters. The van der Waals surface area contributed by atoms with Crippen molar-refractivity contribution in [3.63, 3.8) is 0 Å². The highest BCUT2D eigenvalue weighted by atomic mass is 16.6. The molecule has 4 bridgehead atoms. The Morgan fingerprint density at radius 2 is 0.839 bits per heavy atom. The first kappa shape index (κ1) is 80.9. The number of aliphatic hydroxyl groups is 9. The van der Waals surface area contributed by atoms with Crippen LogP contribution in [-0.4, -0.2) is 214 Å². The van der Waals surface area contributed by atoms with Gasteiger partial charge in [-0.15, -0.1) is 0 Å². The number of methoxy groups -OCH3 is 3. The number of fused-ring (bicyclic) bond motifs is 4. The van der Waals surface area contributed by atoms with Crippen LogP contribution in [0.3, 0.4) is 0 Å². The number of aliphatic hydroxyl groups excluding tert-OH is 9. The molecular weight excluding hydrogens is 1200 g/mol. The fourth-order valence-corrected chi connectivity index (χ4v) is 14.8. The summed E-state index contributed by atoms with van der Waals surface area (Å²) in [5.41, 5.74) is 0.433. The normalized spacial score (nSPS) is 41.8. The molecule has 0 aliphatic carbocycles. The summed E-state index contributed by atoms with van der Waals surface area (Å²) < 4.78 is 55.2. The molecule has 538 valence electrons. The van der Waals surface area contributed by atoms with E-state index < -0.39 is 139 Å². The van der Waals surface area contributed by atoms with E-state index in [2.05, 4.69) is 0 Å². The number of carbonyl (C=O) groups excluding carboxylic acids is 2. The lowest BCUT2D eigenvalue weighted by Crippen LogP contribution is -2.46. The lowest BCUT2D eigenvalue weighted by atomic mass is 9.78. The van der Waals surface area contributed by atoms with E-state index in [1.807, 2.05) is 58.9 Å². The summed E-state index contributed by atoms with van der Waals surface area (Å²) in [6.45, 7) is 21.7. The monoisotopic (exact) mass is 1320 g/mol. The molecular formula is C73H126O20. The zero-order chi connectivity index (χ0) is 69.0. The maximum atomic E-state index is 14.1. The van der Waals surface area contributed by atoms with Gasteiger partial charge in [-0.05, 0) is 129 Å². The van der Waals surface area contributed by atoms with Gasteiger partial charge in [-0.2, -0.15) is 0 Å². The number of hydrogen-bond acceptors (Lipinski definition) is 20. The zero-order valence-electron chi connectivity index (χ0n) is 59.0. The molecule has 5 heterocycles. The Hall–Kier alpha value is -2.74. The van der Waals surface area contributed by atoms with E-state index >= 15 is 0 Å². The van der Waals surface area contributed by atoms with Gasteiger partial charge in [0.2, 0.25) is 0 Å². The number of hydrogen-bond donors (Lipinski definition) is 9. The first-order valence-corrected chi connectivity index (χ1v) is 35.3. The molecule has 20 nitrogen and oxygen atoms in total. The fraction of sp³-hybridized carbons (Fsp3) is 0.863. The van der Waals surface area contributed by atoms with Gasteiger partial charge < -0.3 is 88.6 Å². The number of carbonyl (C=O) groups is 2. The molecule has 0 spiro atoms. The molecule has 5 aliphatic rings. The van der Waals surface area contributed by atoms with Crippen LogP contribution in [0.5, 0.6) is 0 Å². The molecule has 2 saturated heterocycles. The number of ether oxygens (including phenoxy) is 9. The molecule has 0 amide bonds. The predicted octanol–water partition coefficient (Wildman–Crippen LogP) is 8.34. The van der Waals surface area contributed by atoms with Gasteiger partial charge in [0.25, 0.3) is 0 Å². The molecule has 2 fully saturated rings. The van der Waals surface area contributed by atoms with Crippen molar-refractivity contribution in [1.82, 2.24) is 0 Å². The lowest BCUT2D eigenvalue weighted by molar-refractivity contribution is -0.160. The number of rotatable bonds is 15. The van der Waals surface area contributed by atoms with Crippen molar-refractivity contribution in [2.45, 2.75) is 333 Å². The summed E-state index contributed by atoms with van der Waals surface area (Å²) in [5, 5.41) is 106. The van der Waals surface area contributed by atoms with Crippen molar-refractivity contribution in [1.29, 1.82) is 0 Å². The zero-order valence-corrected chi connectivity index (χ0v) is 59.0. The van der Waals surface area contributed by atoms with Crippen LogP contribution in [0.1, 0.15) is 199 Å². The van der Waals surface area contributed by atoms with E-state index in [9.17, 15) is 55.5 Å². The van der Waals surface area contributed by atoms with Crippen LogP contribution in [0.15, 0.2) is 47.6 Å². The van der Waals surface area contributed by atoms with Crippen molar-refractivity contribution < 1.29 is 98.2 Å². The Kier molecular flexibility index (Phi) is 34.6. The number of esters is 2. The van der Waals surface area contributed by atoms with Crippen LogP contribution in [0.25, 0.3) is 0 Å². The van der Waals surface area contributed by atoms with Crippen LogP contribution in [0.2, 0.25) is 0 Å². The highest BCUT2D eigenvalue weighted by Gasteiger charge is 2.43. The maximum Gasteiger partial charge on any atom is 0.333 e. The molecule has 0 saturated carbocycles. The average molecular weight is 1320 g/mol. The summed E-state index contributed by atoms with van der Waals surface area (Å²) in [7, 11) is 4.98. The van der Waals surface area contributed by atoms with Crippen LogP contribution in [-0.2, 0) is 52.2 Å². The first-order valence-electron chi connectivity index (χ1n) is 35.3. The number of cyclic esters (lactones) is 2. The van der Waals surface area contributed by atoms with Crippen LogP contribution in [0.4, 0.5) is 0 Å². The summed E-state index contributed by atoms with van der Waals surface area (Å²) in [4.78, 5) is 28.3. The summed E-state index contributed by atoms with van der Waals surface area (Å²) in [6, 6.07) is 0. The van der Waals surface area contributed by atoms with Gasteiger partial charge in [0.15, 0.2) is 0 Å². The molecule has 20 heteroatoms. The minimum Gasteiger partial charge on any atom is -0.458 e. The third-order valence-electron chi connectivity index (χ3n) is 21.6. The lowest BCUT2D eigenvalue weighted by Gasteiger charge is -2.38. The molecule has 5 aliphatic heterocycles. The molecule has 0 radical (unpaired) electrons. The SMILES string of the molecule is CO[C@H]1C[C@H](CC[C@H](C)[C@H](O)[C@H](C)[C@H]2OC(=O)/C(C)=C/C[C@H](O)C[C@@H]3C=CC[C@@H](C[C@H](OC)[C@@H](C)[C@@H](O)C[C@@H](O)[C@H](C)[C@@H]([C@@H](C)[C@@H](O)[C@@H](C)CC[C@H]4C[C@H](OC)C[C@H](C)O4)OC(=O)/C(C)=C/C[C@H](O)C[C@@H]4C=CC[C@@H](C[C@H](O)[C@@H](C)[C@@H](O)C[C@@H](O)[C@@H]2C)O4)O3)O[C@@H](C)C1. The average Bonchev–Trinajstić information content (AvgIpc) is 1.80. The van der Waals surface area contributed by atoms with Gasteiger partial charge in [-0.3, -0.25) is 0 Å². The maximum absolute atomic E-state index is 14.1. The minimum absolute atomic E-state index is 0.0380. The third kappa shape index (κ3) is 25.5. The molecule has 0 unspecified atom stereocenters. The van der Waals surface area contributed by atoms with Gasteiger partial charge in [0.05, 0.1) is 122 Å². The quantitative estimate of drug-likeness (QED) is 0.0550. The van der Waals surface area contributed by atoms with E-state index in [1.165, 1.54) is 0 Å².